The Morgan fingerprint density at radius 1 is 0.782 bits per heavy atom. The Bertz CT molecular complexity index is 2060. The highest BCUT2D eigenvalue weighted by Gasteiger charge is 2.39. The number of benzene rings is 2. The Labute approximate surface area is 300 Å². The predicted octanol–water partition coefficient (Wildman–Crippen LogP) is 4.88. The van der Waals surface area contributed by atoms with Crippen LogP contribution in [0.5, 0.6) is 0 Å². The number of halogens is 9. The Kier molecular flexibility index (Phi) is 15.9. The molecule has 4 aromatic rings. The summed E-state index contributed by atoms with van der Waals surface area (Å²) in [6.07, 6.45) is -8.47. The number of oxime groups is 1. The van der Waals surface area contributed by atoms with Crippen LogP contribution in [0.2, 0.25) is 0 Å². The van der Waals surface area contributed by atoms with Crippen molar-refractivity contribution in [1.82, 2.24) is 14.5 Å². The number of sulfone groups is 1. The highest BCUT2D eigenvalue weighted by molar-refractivity contribution is 7.90. The van der Waals surface area contributed by atoms with Crippen LogP contribution in [-0.4, -0.2) is 98.3 Å². The van der Waals surface area contributed by atoms with E-state index in [1.54, 1.807) is 67.0 Å². The van der Waals surface area contributed by atoms with E-state index in [4.69, 9.17) is 40.6 Å². The van der Waals surface area contributed by atoms with Gasteiger partial charge in [0.1, 0.15) is 0 Å². The number of carboxylic acid groups (broad SMARTS) is 3. The predicted molar refractivity (Wildman–Crippen MR) is 169 cm³/mol. The third-order valence-electron chi connectivity index (χ3n) is 5.70. The number of aromatic nitrogens is 3. The molecule has 0 fully saturated rings. The molecule has 0 saturated heterocycles. The van der Waals surface area contributed by atoms with E-state index >= 15 is 0 Å². The molecule has 0 bridgehead atoms. The van der Waals surface area contributed by atoms with E-state index in [0.29, 0.717) is 39.4 Å². The van der Waals surface area contributed by atoms with Gasteiger partial charge in [-0.3, -0.25) is 14.3 Å². The van der Waals surface area contributed by atoms with Crippen molar-refractivity contribution in [3.05, 3.63) is 84.3 Å². The summed E-state index contributed by atoms with van der Waals surface area (Å²) in [5, 5.41) is 36.2. The van der Waals surface area contributed by atoms with E-state index in [-0.39, 0.29) is 5.16 Å². The van der Waals surface area contributed by atoms with E-state index in [0.717, 1.165) is 6.26 Å². The van der Waals surface area contributed by atoms with Crippen molar-refractivity contribution < 1.29 is 87.6 Å². The SMILES string of the molecule is CS(=O)(=O)c1nccn1-c1ccc(NC(=O)c2cccnc2-c2cccc(N)c2C=NO)cc1.O=C(O)C(F)(F)F.O=C(O)C(F)(F)F.O=C(O)C(F)(F)F. The minimum atomic E-state index is -5.08. The topological polar surface area (TPSA) is 264 Å². The van der Waals surface area contributed by atoms with E-state index in [2.05, 4.69) is 20.4 Å². The van der Waals surface area contributed by atoms with Gasteiger partial charge in [0, 0.05) is 53.0 Å². The number of carboxylic acids is 3. The first-order valence-corrected chi connectivity index (χ1v) is 15.6. The van der Waals surface area contributed by atoms with Crippen LogP contribution in [0.3, 0.4) is 0 Å². The maximum absolute atomic E-state index is 13.1. The molecule has 0 aliphatic rings. The van der Waals surface area contributed by atoms with Gasteiger partial charge in [0.05, 0.1) is 17.5 Å². The molecule has 7 N–H and O–H groups in total. The van der Waals surface area contributed by atoms with E-state index in [1.165, 1.54) is 17.0 Å². The van der Waals surface area contributed by atoms with Crippen molar-refractivity contribution in [3.63, 3.8) is 0 Å². The van der Waals surface area contributed by atoms with Crippen molar-refractivity contribution in [2.24, 2.45) is 5.16 Å². The van der Waals surface area contributed by atoms with Gasteiger partial charge in [0.25, 0.3) is 5.91 Å². The van der Waals surface area contributed by atoms with Gasteiger partial charge < -0.3 is 31.6 Å². The lowest BCUT2D eigenvalue weighted by Gasteiger charge is -2.13. The number of hydrogen-bond donors (Lipinski definition) is 6. The Hall–Kier alpha value is -6.73. The number of nitrogens with two attached hydrogens (primary N) is 1. The van der Waals surface area contributed by atoms with Gasteiger partial charge in [0.2, 0.25) is 15.0 Å². The molecule has 2 heterocycles. The zero-order valence-corrected chi connectivity index (χ0v) is 27.7. The first kappa shape index (κ1) is 46.3. The summed E-state index contributed by atoms with van der Waals surface area (Å²) < 4.78 is 120. The third-order valence-corrected chi connectivity index (χ3v) is 6.67. The molecule has 0 unspecified atom stereocenters. The summed E-state index contributed by atoms with van der Waals surface area (Å²) in [7, 11) is -3.50. The second-order valence-corrected chi connectivity index (χ2v) is 11.6. The average molecular weight is 819 g/mol. The van der Waals surface area contributed by atoms with E-state index in [9.17, 15) is 52.7 Å². The van der Waals surface area contributed by atoms with Gasteiger partial charge in [-0.2, -0.15) is 39.5 Å². The number of imidazole rings is 1. The number of nitrogen functional groups attached to an aromatic ring is 1. The first-order valence-electron chi connectivity index (χ1n) is 13.7. The largest absolute Gasteiger partial charge is 0.490 e. The zero-order valence-electron chi connectivity index (χ0n) is 26.9. The number of carbonyl (C=O) groups excluding carboxylic acids is 1. The molecule has 1 amide bonds. The fraction of sp³-hybridized carbons (Fsp3) is 0.138. The van der Waals surface area contributed by atoms with Crippen LogP contribution < -0.4 is 11.1 Å². The van der Waals surface area contributed by atoms with Gasteiger partial charge in [-0.1, -0.05) is 17.3 Å². The first-order chi connectivity index (χ1) is 25.1. The minimum absolute atomic E-state index is 0.0753. The number of amides is 1. The number of pyridine rings is 1. The highest BCUT2D eigenvalue weighted by Crippen LogP contribution is 2.28. The van der Waals surface area contributed by atoms with E-state index in [1.807, 2.05) is 0 Å². The van der Waals surface area contributed by atoms with Gasteiger partial charge >= 0.3 is 36.4 Å². The standard InChI is InChI=1S/C23H20N6O4S.3C2HF3O2/c1-34(32,33)23-26-12-13-29(23)16-9-7-15(8-10-16)28-22(30)18-5-3-11-25-21(18)17-4-2-6-20(24)19(17)14-27-31;3*3-2(4,5)1(6)7/h2-14,31H,24H2,1H3,(H,28,30);3*(H,6,7). The molecule has 0 radical (unpaired) electrons. The molecule has 0 aliphatic carbocycles. The number of nitrogens with zero attached hydrogens (tertiary/aromatic N) is 4. The maximum Gasteiger partial charge on any atom is 0.490 e. The van der Waals surface area contributed by atoms with Crippen LogP contribution in [0, 0.1) is 0 Å². The lowest BCUT2D eigenvalue weighted by atomic mass is 9.99. The number of alkyl halides is 9. The van der Waals surface area contributed by atoms with Gasteiger partial charge in [0.15, 0.2) is 0 Å². The summed E-state index contributed by atoms with van der Waals surface area (Å²) in [4.78, 5) is 48.0. The molecule has 298 valence electrons. The molecule has 4 rings (SSSR count). The molecule has 55 heavy (non-hydrogen) atoms. The van der Waals surface area contributed by atoms with Crippen LogP contribution >= 0.6 is 0 Å². The van der Waals surface area contributed by atoms with Crippen molar-refractivity contribution in [2.45, 2.75) is 23.7 Å². The average Bonchev–Trinajstić information content (AvgIpc) is 3.57. The summed E-state index contributed by atoms with van der Waals surface area (Å²) >= 11 is 0. The van der Waals surface area contributed by atoms with Crippen LogP contribution in [-0.2, 0) is 24.2 Å². The molecule has 2 aromatic heterocycles. The Morgan fingerprint density at radius 3 is 1.71 bits per heavy atom. The van der Waals surface area contributed by atoms with Crippen molar-refractivity contribution in [2.75, 3.05) is 17.3 Å². The molecule has 0 atom stereocenters. The summed E-state index contributed by atoms with van der Waals surface area (Å²) in [6, 6.07) is 15.0. The monoisotopic (exact) mass is 818 g/mol. The second kappa shape index (κ2) is 18.9. The lowest BCUT2D eigenvalue weighted by Crippen LogP contribution is -2.21. The van der Waals surface area contributed by atoms with Crippen molar-refractivity contribution >= 4 is 51.2 Å². The van der Waals surface area contributed by atoms with Crippen LogP contribution in [0.15, 0.2) is 83.5 Å². The minimum Gasteiger partial charge on any atom is -0.475 e. The fourth-order valence-corrected chi connectivity index (χ4v) is 4.23. The Balaban J connectivity index is 0.000000588. The van der Waals surface area contributed by atoms with Crippen LogP contribution in [0.25, 0.3) is 16.9 Å². The fourth-order valence-electron chi connectivity index (χ4n) is 3.46. The second-order valence-electron chi connectivity index (χ2n) is 9.71. The molecule has 0 aliphatic heterocycles. The molecule has 2 aromatic carbocycles. The number of hydrogen-bond acceptors (Lipinski definition) is 11. The van der Waals surface area contributed by atoms with Crippen molar-refractivity contribution in [3.8, 4) is 16.9 Å². The molecule has 16 nitrogen and oxygen atoms in total. The number of rotatable bonds is 6. The van der Waals surface area contributed by atoms with Gasteiger partial charge in [-0.15, -0.1) is 0 Å². The van der Waals surface area contributed by atoms with Crippen molar-refractivity contribution in [1.29, 1.82) is 0 Å². The summed E-state index contributed by atoms with van der Waals surface area (Å²) in [5.74, 6) is -8.68. The number of aliphatic carboxylic acids is 3. The maximum atomic E-state index is 13.1. The summed E-state index contributed by atoms with van der Waals surface area (Å²) in [6.45, 7) is 0. The normalized spacial score (nSPS) is 11.5. The number of carbonyl (C=O) groups is 4. The lowest BCUT2D eigenvalue weighted by molar-refractivity contribution is -0.193. The third kappa shape index (κ3) is 14.7. The Morgan fingerprint density at radius 2 is 1.27 bits per heavy atom. The summed E-state index contributed by atoms with van der Waals surface area (Å²) in [5.41, 5.74) is 9.08. The molecule has 26 heteroatoms. The quantitative estimate of drug-likeness (QED) is 0.0499. The zero-order chi connectivity index (χ0) is 42.5. The van der Waals surface area contributed by atoms with E-state index < -0.39 is 52.2 Å². The highest BCUT2D eigenvalue weighted by atomic mass is 32.2. The van der Waals surface area contributed by atoms with Gasteiger partial charge in [-0.25, -0.2) is 27.8 Å². The number of anilines is 2. The van der Waals surface area contributed by atoms with Gasteiger partial charge in [-0.05, 0) is 42.5 Å². The van der Waals surface area contributed by atoms with Crippen LogP contribution in [0.4, 0.5) is 50.9 Å². The molecular formula is C29H23F9N6O10S. The number of nitrogens with one attached hydrogen (secondary N) is 1. The smallest absolute Gasteiger partial charge is 0.475 e. The van der Waals surface area contributed by atoms with Crippen LogP contribution in [0.1, 0.15) is 15.9 Å². The molecule has 0 spiro atoms. The molecule has 0 saturated carbocycles. The molecular weight excluding hydrogens is 795 g/mol.